The molecule has 0 atom stereocenters. The van der Waals surface area contributed by atoms with Crippen LogP contribution in [-0.4, -0.2) is 12.9 Å². The van der Waals surface area contributed by atoms with Gasteiger partial charge in [-0.1, -0.05) is 60.7 Å². The minimum Gasteiger partial charge on any atom is -0.497 e. The Morgan fingerprint density at radius 2 is 1.55 bits per heavy atom. The molecule has 29 heavy (non-hydrogen) atoms. The first-order valence-corrected chi connectivity index (χ1v) is 9.15. The number of fused-ring (bicyclic) bond motifs is 1. The van der Waals surface area contributed by atoms with E-state index in [1.165, 1.54) is 0 Å². The lowest BCUT2D eigenvalue weighted by atomic mass is 9.96. The highest BCUT2D eigenvalue weighted by molar-refractivity contribution is 6.13. The number of ether oxygens (including phenoxy) is 1. The molecule has 4 aromatic rings. The molecule has 0 saturated heterocycles. The van der Waals surface area contributed by atoms with E-state index in [0.717, 1.165) is 5.56 Å². The molecule has 0 N–H and O–H groups in total. The Morgan fingerprint density at radius 1 is 0.862 bits per heavy atom. The van der Waals surface area contributed by atoms with Gasteiger partial charge < -0.3 is 9.15 Å². The van der Waals surface area contributed by atoms with Gasteiger partial charge in [-0.25, -0.2) is 4.79 Å². The summed E-state index contributed by atoms with van der Waals surface area (Å²) in [6, 6.07) is 23.6. The van der Waals surface area contributed by atoms with E-state index in [1.807, 2.05) is 48.5 Å². The zero-order valence-corrected chi connectivity index (χ0v) is 15.8. The van der Waals surface area contributed by atoms with Gasteiger partial charge in [-0.2, -0.15) is 0 Å². The van der Waals surface area contributed by atoms with Gasteiger partial charge in [-0.3, -0.25) is 4.79 Å². The zero-order chi connectivity index (χ0) is 20.2. The van der Waals surface area contributed by atoms with Gasteiger partial charge in [0.25, 0.3) is 0 Å². The largest absolute Gasteiger partial charge is 0.497 e. The maximum atomic E-state index is 13.2. The minimum absolute atomic E-state index is 0.0149. The second kappa shape index (κ2) is 7.98. The second-order valence-electron chi connectivity index (χ2n) is 6.48. The summed E-state index contributed by atoms with van der Waals surface area (Å²) in [6.07, 6.45) is 3.68. The van der Waals surface area contributed by atoms with Crippen LogP contribution >= 0.6 is 0 Å². The van der Waals surface area contributed by atoms with Crippen molar-refractivity contribution in [2.75, 3.05) is 7.11 Å². The van der Waals surface area contributed by atoms with Gasteiger partial charge in [0.05, 0.1) is 7.11 Å². The van der Waals surface area contributed by atoms with Gasteiger partial charge >= 0.3 is 5.63 Å². The smallest absolute Gasteiger partial charge is 0.348 e. The Hall–Kier alpha value is -3.92. The van der Waals surface area contributed by atoms with Crippen molar-refractivity contribution in [1.82, 2.24) is 0 Å². The molecule has 0 aliphatic heterocycles. The number of carbonyl (C=O) groups excluding carboxylic acids is 1. The molecule has 0 amide bonds. The lowest BCUT2D eigenvalue weighted by Gasteiger charge is -2.08. The third-order valence-electron chi connectivity index (χ3n) is 4.67. The quantitative estimate of drug-likeness (QED) is 0.351. The average molecular weight is 382 g/mol. The molecule has 0 saturated carbocycles. The van der Waals surface area contributed by atoms with Crippen LogP contribution in [0.3, 0.4) is 0 Å². The van der Waals surface area contributed by atoms with Crippen molar-refractivity contribution in [2.24, 2.45) is 0 Å². The van der Waals surface area contributed by atoms with Gasteiger partial charge in [0.1, 0.15) is 16.9 Å². The Labute approximate surface area is 167 Å². The molecule has 1 aromatic heterocycles. The van der Waals surface area contributed by atoms with Crippen LogP contribution in [0.25, 0.3) is 23.1 Å². The van der Waals surface area contributed by atoms with Crippen molar-refractivity contribution >= 4 is 28.9 Å². The van der Waals surface area contributed by atoms with Crippen molar-refractivity contribution in [3.8, 4) is 5.75 Å². The molecule has 0 aliphatic rings. The first-order valence-electron chi connectivity index (χ1n) is 9.15. The highest BCUT2D eigenvalue weighted by Gasteiger charge is 2.21. The molecule has 0 bridgehead atoms. The van der Waals surface area contributed by atoms with E-state index >= 15 is 0 Å². The van der Waals surface area contributed by atoms with Crippen LogP contribution in [0.2, 0.25) is 0 Å². The number of benzene rings is 3. The molecular formula is C25H18O4. The molecule has 0 unspecified atom stereocenters. The minimum atomic E-state index is -0.655. The maximum Gasteiger partial charge on any atom is 0.348 e. The summed E-state index contributed by atoms with van der Waals surface area (Å²) in [5.74, 6) is 0.246. The predicted octanol–water partition coefficient (Wildman–Crippen LogP) is 5.20. The Kier molecular flexibility index (Phi) is 5.08. The van der Waals surface area contributed by atoms with Crippen LogP contribution < -0.4 is 10.4 Å². The number of hydrogen-bond acceptors (Lipinski definition) is 4. The van der Waals surface area contributed by atoms with E-state index < -0.39 is 5.63 Å². The van der Waals surface area contributed by atoms with E-state index in [-0.39, 0.29) is 11.3 Å². The van der Waals surface area contributed by atoms with Gasteiger partial charge in [-0.15, -0.1) is 0 Å². The van der Waals surface area contributed by atoms with Crippen molar-refractivity contribution in [1.29, 1.82) is 0 Å². The molecule has 4 nitrogen and oxygen atoms in total. The summed E-state index contributed by atoms with van der Waals surface area (Å²) in [7, 11) is 1.56. The fourth-order valence-electron chi connectivity index (χ4n) is 3.19. The number of carbonyl (C=O) groups is 1. The lowest BCUT2D eigenvalue weighted by molar-refractivity contribution is 0.103. The van der Waals surface area contributed by atoms with Gasteiger partial charge in [0.2, 0.25) is 5.78 Å². The molecule has 0 fully saturated rings. The summed E-state index contributed by atoms with van der Waals surface area (Å²) >= 11 is 0. The summed E-state index contributed by atoms with van der Waals surface area (Å²) in [6.45, 7) is 0. The van der Waals surface area contributed by atoms with Crippen LogP contribution in [0.1, 0.15) is 27.0 Å². The maximum absolute atomic E-state index is 13.2. The molecule has 142 valence electrons. The summed E-state index contributed by atoms with van der Waals surface area (Å²) in [5, 5.41) is 0.705. The molecule has 1 heterocycles. The third-order valence-corrected chi connectivity index (χ3v) is 4.67. The SMILES string of the molecule is COc1ccc(C(=O)c2c(/C=C/c3ccccc3)c3ccccc3oc2=O)cc1. The van der Waals surface area contributed by atoms with Crippen molar-refractivity contribution in [2.45, 2.75) is 0 Å². The van der Waals surface area contributed by atoms with Gasteiger partial charge in [-0.05, 0) is 35.9 Å². The molecule has 0 aliphatic carbocycles. The molecule has 3 aromatic carbocycles. The molecule has 4 heteroatoms. The number of rotatable bonds is 5. The average Bonchev–Trinajstić information content (AvgIpc) is 2.77. The van der Waals surface area contributed by atoms with Crippen LogP contribution in [0.4, 0.5) is 0 Å². The topological polar surface area (TPSA) is 56.5 Å². The molecule has 0 spiro atoms. The van der Waals surface area contributed by atoms with Crippen molar-refractivity contribution < 1.29 is 13.9 Å². The fraction of sp³-hybridized carbons (Fsp3) is 0.0400. The third kappa shape index (κ3) is 3.73. The predicted molar refractivity (Wildman–Crippen MR) is 114 cm³/mol. The number of methoxy groups -OCH3 is 1. The first-order chi connectivity index (χ1) is 14.2. The standard InChI is InChI=1S/C25H18O4/c1-28-19-14-12-18(13-15-19)24(26)23-21(16-11-17-7-3-2-4-8-17)20-9-5-6-10-22(20)29-25(23)27/h2-16H,1H3/b16-11+. The van der Waals surface area contributed by atoms with Crippen LogP contribution in [-0.2, 0) is 0 Å². The van der Waals surface area contributed by atoms with Crippen molar-refractivity contribution in [3.63, 3.8) is 0 Å². The van der Waals surface area contributed by atoms with Crippen LogP contribution in [0.5, 0.6) is 5.75 Å². The van der Waals surface area contributed by atoms with Crippen molar-refractivity contribution in [3.05, 3.63) is 112 Å². The summed E-state index contributed by atoms with van der Waals surface area (Å²) in [5.41, 5.74) is 1.70. The Bertz CT molecular complexity index is 1250. The van der Waals surface area contributed by atoms with E-state index in [4.69, 9.17) is 9.15 Å². The molecule has 4 rings (SSSR count). The second-order valence-corrected chi connectivity index (χ2v) is 6.48. The van der Waals surface area contributed by atoms with Crippen LogP contribution in [0, 0.1) is 0 Å². The molecule has 0 radical (unpaired) electrons. The number of para-hydroxylation sites is 1. The Morgan fingerprint density at radius 3 is 2.28 bits per heavy atom. The fourth-order valence-corrected chi connectivity index (χ4v) is 3.19. The van der Waals surface area contributed by atoms with E-state index in [0.29, 0.717) is 27.8 Å². The number of hydrogen-bond donors (Lipinski definition) is 0. The monoisotopic (exact) mass is 382 g/mol. The van der Waals surface area contributed by atoms with Gasteiger partial charge in [0.15, 0.2) is 0 Å². The highest BCUT2D eigenvalue weighted by atomic mass is 16.5. The van der Waals surface area contributed by atoms with E-state index in [2.05, 4.69) is 0 Å². The van der Waals surface area contributed by atoms with Gasteiger partial charge in [0, 0.05) is 16.5 Å². The first kappa shape index (κ1) is 18.4. The normalized spacial score (nSPS) is 11.1. The molecular weight excluding hydrogens is 364 g/mol. The van der Waals surface area contributed by atoms with Crippen LogP contribution in [0.15, 0.2) is 88.1 Å². The van der Waals surface area contributed by atoms with E-state index in [9.17, 15) is 9.59 Å². The zero-order valence-electron chi connectivity index (χ0n) is 15.8. The number of ketones is 1. The highest BCUT2D eigenvalue weighted by Crippen LogP contribution is 2.25. The lowest BCUT2D eigenvalue weighted by Crippen LogP contribution is -2.17. The summed E-state index contributed by atoms with van der Waals surface area (Å²) in [4.78, 5) is 26.0. The Balaban J connectivity index is 1.90. The summed E-state index contributed by atoms with van der Waals surface area (Å²) < 4.78 is 10.6. The van der Waals surface area contributed by atoms with E-state index in [1.54, 1.807) is 49.6 Å².